The fraction of sp³-hybridized carbons (Fsp3) is 0.857. The Morgan fingerprint density at radius 1 is 1.73 bits per heavy atom. The van der Waals surface area contributed by atoms with Gasteiger partial charge in [0.1, 0.15) is 12.4 Å². The quantitative estimate of drug-likeness (QED) is 0.468. The molecule has 0 aliphatic carbocycles. The van der Waals surface area contributed by atoms with Crippen LogP contribution >= 0.6 is 0 Å². The van der Waals surface area contributed by atoms with Crippen molar-refractivity contribution in [3.8, 4) is 0 Å². The number of rotatable bonds is 4. The van der Waals surface area contributed by atoms with Gasteiger partial charge in [0.2, 0.25) is 0 Å². The van der Waals surface area contributed by atoms with Crippen molar-refractivity contribution in [1.82, 2.24) is 0 Å². The van der Waals surface area contributed by atoms with E-state index in [4.69, 9.17) is 6.48 Å². The van der Waals surface area contributed by atoms with E-state index in [0.717, 1.165) is 0 Å². The average molecular weight is 163 g/mol. The summed E-state index contributed by atoms with van der Waals surface area (Å²) in [5.74, 6) is 0. The summed E-state index contributed by atoms with van der Waals surface area (Å²) >= 11 is 0. The molecule has 0 aliphatic rings. The molecule has 66 valence electrons. The smallest absolute Gasteiger partial charge is 0.122 e. The predicted molar refractivity (Wildman–Crippen MR) is 39.0 cm³/mol. The Morgan fingerprint density at radius 2 is 2.27 bits per heavy atom. The first kappa shape index (κ1) is 8.64. The van der Waals surface area contributed by atoms with Gasteiger partial charge in [-0.2, -0.15) is 0 Å². The van der Waals surface area contributed by atoms with E-state index in [1.54, 1.807) is 0 Å². The van der Waals surface area contributed by atoms with Crippen LogP contribution in [0, 0.1) is 0 Å². The van der Waals surface area contributed by atoms with Gasteiger partial charge in [-0.1, -0.05) is 0 Å². The third kappa shape index (κ3) is 2.96. The minimum Gasteiger partial charge on any atom is -0.391 e. The molecule has 0 heterocycles. The van der Waals surface area contributed by atoms with Crippen LogP contribution in [0.5, 0.6) is 0 Å². The predicted octanol–water partition coefficient (Wildman–Crippen LogP) is -0.932. The second-order valence-corrected chi connectivity index (χ2v) is 2.66. The maximum Gasteiger partial charge on any atom is 0.122 e. The first-order valence-corrected chi connectivity index (χ1v) is 3.29. The molecule has 0 aromatic rings. The van der Waals surface area contributed by atoms with Crippen molar-refractivity contribution >= 4 is 6.29 Å². The number of aliphatic hydroxyl groups is 3. The van der Waals surface area contributed by atoms with E-state index in [9.17, 15) is 15.0 Å². The lowest BCUT2D eigenvalue weighted by Gasteiger charge is -2.28. The van der Waals surface area contributed by atoms with E-state index in [-0.39, 0.29) is 6.42 Å². The van der Waals surface area contributed by atoms with Crippen LogP contribution in [-0.4, -0.2) is 39.4 Å². The standard InChI is InChI=1S/C7H14O4/c1-5(9)6(10)7(2,11)3-4-8/h4-6,9-11H,3H2,1-2H3/t5-,6-,7+/m1/s1/i2D. The molecule has 0 amide bonds. The third-order valence-corrected chi connectivity index (χ3v) is 1.44. The molecular formula is C7H14O4. The molecule has 3 atom stereocenters. The van der Waals surface area contributed by atoms with Crippen molar-refractivity contribution in [1.29, 1.82) is 0 Å². The van der Waals surface area contributed by atoms with Crippen LogP contribution in [0.4, 0.5) is 0 Å². The molecule has 0 fully saturated rings. The van der Waals surface area contributed by atoms with E-state index < -0.39 is 24.7 Å². The van der Waals surface area contributed by atoms with Crippen LogP contribution < -0.4 is 0 Å². The molecule has 0 unspecified atom stereocenters. The van der Waals surface area contributed by atoms with Gasteiger partial charge in [-0.25, -0.2) is 0 Å². The Kier molecular flexibility index (Phi) is 2.99. The van der Waals surface area contributed by atoms with Crippen molar-refractivity contribution in [2.24, 2.45) is 0 Å². The molecule has 0 aromatic carbocycles. The van der Waals surface area contributed by atoms with Gasteiger partial charge in [0, 0.05) is 7.79 Å². The van der Waals surface area contributed by atoms with E-state index in [2.05, 4.69) is 0 Å². The second-order valence-electron chi connectivity index (χ2n) is 2.66. The second kappa shape index (κ2) is 3.80. The molecule has 0 spiro atoms. The third-order valence-electron chi connectivity index (χ3n) is 1.44. The molecule has 0 rings (SSSR count). The highest BCUT2D eigenvalue weighted by Crippen LogP contribution is 2.15. The van der Waals surface area contributed by atoms with Gasteiger partial charge in [0.05, 0.1) is 11.7 Å². The number of hydrogen-bond donors (Lipinski definition) is 3. The van der Waals surface area contributed by atoms with E-state index in [1.807, 2.05) is 0 Å². The van der Waals surface area contributed by atoms with Gasteiger partial charge in [-0.05, 0) is 13.8 Å². The Labute approximate surface area is 66.9 Å². The molecule has 0 radical (unpaired) electrons. The maximum absolute atomic E-state index is 10.1. The Balaban J connectivity index is 4.38. The van der Waals surface area contributed by atoms with Crippen LogP contribution in [0.3, 0.4) is 0 Å². The van der Waals surface area contributed by atoms with Crippen molar-refractivity contribution < 1.29 is 21.5 Å². The van der Waals surface area contributed by atoms with Gasteiger partial charge in [0.15, 0.2) is 0 Å². The Bertz CT molecular complexity index is 150. The molecule has 0 saturated carbocycles. The summed E-state index contributed by atoms with van der Waals surface area (Å²) in [4.78, 5) is 10.1. The molecular weight excluding hydrogens is 148 g/mol. The van der Waals surface area contributed by atoms with Crippen LogP contribution in [0.15, 0.2) is 0 Å². The zero-order valence-electron chi connectivity index (χ0n) is 7.40. The largest absolute Gasteiger partial charge is 0.391 e. The monoisotopic (exact) mass is 163 g/mol. The van der Waals surface area contributed by atoms with E-state index in [0.29, 0.717) is 6.29 Å². The van der Waals surface area contributed by atoms with Crippen LogP contribution in [0.1, 0.15) is 21.6 Å². The Hall–Kier alpha value is -0.450. The van der Waals surface area contributed by atoms with E-state index in [1.165, 1.54) is 6.92 Å². The summed E-state index contributed by atoms with van der Waals surface area (Å²) in [6, 6.07) is 0. The lowest BCUT2D eigenvalue weighted by atomic mass is 9.93. The van der Waals surface area contributed by atoms with E-state index >= 15 is 0 Å². The van der Waals surface area contributed by atoms with Gasteiger partial charge >= 0.3 is 0 Å². The minimum atomic E-state index is -1.82. The highest BCUT2D eigenvalue weighted by atomic mass is 16.4. The minimum absolute atomic E-state index is 0.345. The SMILES string of the molecule is [2H]C[C@](O)(CC=O)[C@H](O)[C@@H](C)O. The molecule has 11 heavy (non-hydrogen) atoms. The fourth-order valence-corrected chi connectivity index (χ4v) is 0.714. The lowest BCUT2D eigenvalue weighted by molar-refractivity contribution is -0.129. The van der Waals surface area contributed by atoms with Crippen molar-refractivity contribution in [3.63, 3.8) is 0 Å². The number of aliphatic hydroxyl groups excluding tert-OH is 2. The summed E-state index contributed by atoms with van der Waals surface area (Å²) in [5.41, 5.74) is -1.82. The summed E-state index contributed by atoms with van der Waals surface area (Å²) in [6.07, 6.45) is -2.54. The highest BCUT2D eigenvalue weighted by Gasteiger charge is 2.32. The summed E-state index contributed by atoms with van der Waals surface area (Å²) < 4.78 is 6.90. The highest BCUT2D eigenvalue weighted by molar-refractivity contribution is 5.51. The molecule has 0 saturated heterocycles. The fourth-order valence-electron chi connectivity index (χ4n) is 0.714. The first-order valence-electron chi connectivity index (χ1n) is 4.00. The van der Waals surface area contributed by atoms with Gasteiger partial charge < -0.3 is 20.1 Å². The number of aldehydes is 1. The van der Waals surface area contributed by atoms with Crippen molar-refractivity contribution in [2.45, 2.75) is 38.1 Å². The van der Waals surface area contributed by atoms with Crippen molar-refractivity contribution in [2.75, 3.05) is 0 Å². The summed E-state index contributed by atoms with van der Waals surface area (Å²) in [6.45, 7) is 0.772. The lowest BCUT2D eigenvalue weighted by Crippen LogP contribution is -2.46. The number of carbonyl (C=O) groups is 1. The molecule has 0 aliphatic heterocycles. The zero-order valence-corrected chi connectivity index (χ0v) is 6.40. The Morgan fingerprint density at radius 3 is 2.55 bits per heavy atom. The maximum atomic E-state index is 10.1. The van der Waals surface area contributed by atoms with Crippen molar-refractivity contribution in [3.05, 3.63) is 0 Å². The first-order chi connectivity index (χ1) is 5.48. The van der Waals surface area contributed by atoms with Gasteiger partial charge in [-0.3, -0.25) is 0 Å². The molecule has 4 nitrogen and oxygen atoms in total. The topological polar surface area (TPSA) is 77.8 Å². The summed E-state index contributed by atoms with van der Waals surface area (Å²) in [5, 5.41) is 27.5. The zero-order chi connectivity index (χ0) is 9.78. The molecule has 4 heteroatoms. The van der Waals surface area contributed by atoms with Gasteiger partial charge in [0.25, 0.3) is 0 Å². The van der Waals surface area contributed by atoms with Crippen LogP contribution in [0.25, 0.3) is 0 Å². The molecule has 0 aromatic heterocycles. The average Bonchev–Trinajstić information content (AvgIpc) is 2.03. The normalized spacial score (nSPS) is 23.1. The molecule has 0 bridgehead atoms. The van der Waals surface area contributed by atoms with Crippen LogP contribution in [0.2, 0.25) is 0 Å². The number of carbonyl (C=O) groups excluding carboxylic acids is 1. The van der Waals surface area contributed by atoms with Gasteiger partial charge in [-0.15, -0.1) is 0 Å². The summed E-state index contributed by atoms with van der Waals surface area (Å²) in [7, 11) is 0. The van der Waals surface area contributed by atoms with Crippen LogP contribution in [-0.2, 0) is 4.79 Å². The number of hydrogen-bond acceptors (Lipinski definition) is 4. The molecule has 3 N–H and O–H groups in total.